The Kier molecular flexibility index (Phi) is 7.53. The van der Waals surface area contributed by atoms with Crippen molar-refractivity contribution >= 4 is 29.3 Å². The molecule has 2 aromatic rings. The average Bonchev–Trinajstić information content (AvgIpc) is 2.74. The molecule has 2 amide bonds. The van der Waals surface area contributed by atoms with Gasteiger partial charge in [-0.3, -0.25) is 0 Å². The summed E-state index contributed by atoms with van der Waals surface area (Å²) in [6.07, 6.45) is -0.424. The molecular weight excluding hydrogens is 460 g/mol. The monoisotopic (exact) mass is 485 g/mol. The number of carbonyl (C=O) groups excluding carboxylic acids is 2. The highest BCUT2D eigenvalue weighted by atomic mass is 19.1. The Bertz CT molecular complexity index is 1250. The van der Waals surface area contributed by atoms with Crippen LogP contribution < -0.4 is 16.0 Å². The molecule has 0 saturated heterocycles. The molecule has 1 atom stereocenters. The van der Waals surface area contributed by atoms with E-state index in [-0.39, 0.29) is 22.5 Å². The summed E-state index contributed by atoms with van der Waals surface area (Å²) >= 11 is 0. The van der Waals surface area contributed by atoms with Crippen molar-refractivity contribution in [2.24, 2.45) is 0 Å². The lowest BCUT2D eigenvalue weighted by Gasteiger charge is -2.30. The lowest BCUT2D eigenvalue weighted by atomic mass is 9.80. The Morgan fingerprint density at radius 1 is 1.00 bits per heavy atom. The zero-order valence-corrected chi connectivity index (χ0v) is 19.5. The van der Waals surface area contributed by atoms with Gasteiger partial charge in [0.15, 0.2) is 0 Å². The maximum atomic E-state index is 13.9. The first-order chi connectivity index (χ1) is 16.5. The molecule has 8 nitrogen and oxygen atoms in total. The number of aliphatic carboxylic acids is 1. The summed E-state index contributed by atoms with van der Waals surface area (Å²) in [5.74, 6) is -4.58. The summed E-state index contributed by atoms with van der Waals surface area (Å²) in [6, 6.07) is 8.21. The summed E-state index contributed by atoms with van der Waals surface area (Å²) in [5, 5.41) is 17.7. The first-order valence-corrected chi connectivity index (χ1v) is 10.7. The van der Waals surface area contributed by atoms with E-state index >= 15 is 0 Å². The minimum atomic E-state index is -1.22. The molecule has 0 spiro atoms. The van der Waals surface area contributed by atoms with Gasteiger partial charge in [-0.15, -0.1) is 0 Å². The zero-order valence-electron chi connectivity index (χ0n) is 19.5. The number of ether oxygens (including phenoxy) is 1. The minimum absolute atomic E-state index is 0.0405. The Labute approximate surface area is 200 Å². The number of nitrogens with one attached hydrogen (secondary N) is 3. The molecule has 1 heterocycles. The van der Waals surface area contributed by atoms with Crippen molar-refractivity contribution in [2.75, 3.05) is 10.6 Å². The van der Waals surface area contributed by atoms with E-state index < -0.39 is 41.6 Å². The molecule has 184 valence electrons. The molecule has 10 heteroatoms. The third kappa shape index (κ3) is 5.84. The van der Waals surface area contributed by atoms with E-state index in [1.807, 2.05) is 0 Å². The largest absolute Gasteiger partial charge is 0.478 e. The van der Waals surface area contributed by atoms with Crippen molar-refractivity contribution in [1.29, 1.82) is 0 Å². The number of esters is 1. The number of hydrogen-bond acceptors (Lipinski definition) is 5. The first kappa shape index (κ1) is 25.4. The van der Waals surface area contributed by atoms with Crippen molar-refractivity contribution in [2.45, 2.75) is 39.7 Å². The second kappa shape index (κ2) is 10.4. The highest BCUT2D eigenvalue weighted by Crippen LogP contribution is 2.39. The topological polar surface area (TPSA) is 117 Å². The van der Waals surface area contributed by atoms with Crippen molar-refractivity contribution in [3.05, 3.63) is 82.2 Å². The van der Waals surface area contributed by atoms with E-state index in [0.717, 1.165) is 12.1 Å². The third-order valence-corrected chi connectivity index (χ3v) is 5.21. The van der Waals surface area contributed by atoms with Gasteiger partial charge in [-0.1, -0.05) is 12.1 Å². The van der Waals surface area contributed by atoms with E-state index in [4.69, 9.17) is 4.74 Å². The Hall–Kier alpha value is -4.21. The van der Waals surface area contributed by atoms with Crippen LogP contribution in [0.2, 0.25) is 0 Å². The van der Waals surface area contributed by atoms with E-state index in [1.54, 1.807) is 45.9 Å². The van der Waals surface area contributed by atoms with Crippen LogP contribution in [-0.4, -0.2) is 29.2 Å². The summed E-state index contributed by atoms with van der Waals surface area (Å²) in [5.41, 5.74) is 1.37. The van der Waals surface area contributed by atoms with Crippen molar-refractivity contribution in [3.8, 4) is 0 Å². The van der Waals surface area contributed by atoms with Crippen LogP contribution in [0.5, 0.6) is 0 Å². The Balaban J connectivity index is 1.95. The maximum Gasteiger partial charge on any atom is 0.337 e. The van der Waals surface area contributed by atoms with Crippen molar-refractivity contribution in [1.82, 2.24) is 5.32 Å². The van der Waals surface area contributed by atoms with Crippen LogP contribution in [0.15, 0.2) is 65.0 Å². The van der Waals surface area contributed by atoms with Gasteiger partial charge in [-0.25, -0.2) is 23.2 Å². The molecule has 0 fully saturated rings. The SMILES string of the molecule is CC1=C(C(=O)O)C(c2cccc(NC(=O)Nc3ccc(F)cc3F)c2)C(C(=O)OC(C)C)=C(C)N1. The minimum Gasteiger partial charge on any atom is -0.478 e. The van der Waals surface area contributed by atoms with E-state index in [9.17, 15) is 28.3 Å². The number of carboxylic acid groups (broad SMARTS) is 1. The van der Waals surface area contributed by atoms with E-state index in [2.05, 4.69) is 16.0 Å². The highest BCUT2D eigenvalue weighted by molar-refractivity contribution is 6.01. The predicted molar refractivity (Wildman–Crippen MR) is 126 cm³/mol. The van der Waals surface area contributed by atoms with Gasteiger partial charge in [0.2, 0.25) is 0 Å². The average molecular weight is 485 g/mol. The van der Waals surface area contributed by atoms with Crippen LogP contribution in [0.1, 0.15) is 39.2 Å². The molecule has 3 rings (SSSR count). The summed E-state index contributed by atoms with van der Waals surface area (Å²) in [6.45, 7) is 6.62. The maximum absolute atomic E-state index is 13.9. The van der Waals surface area contributed by atoms with Gasteiger partial charge < -0.3 is 25.8 Å². The molecule has 0 bridgehead atoms. The number of amides is 2. The number of dihydropyridines is 1. The van der Waals surface area contributed by atoms with Crippen LogP contribution in [0.3, 0.4) is 0 Å². The van der Waals surface area contributed by atoms with E-state index in [1.165, 1.54) is 6.07 Å². The number of halogens is 2. The second-order valence-corrected chi connectivity index (χ2v) is 8.22. The van der Waals surface area contributed by atoms with Gasteiger partial charge in [0.25, 0.3) is 0 Å². The number of rotatable bonds is 6. The number of allylic oxidation sites excluding steroid dienone is 2. The number of benzene rings is 2. The lowest BCUT2D eigenvalue weighted by Crippen LogP contribution is -2.32. The van der Waals surface area contributed by atoms with Gasteiger partial charge in [-0.2, -0.15) is 0 Å². The van der Waals surface area contributed by atoms with Gasteiger partial charge in [0.1, 0.15) is 11.6 Å². The Morgan fingerprint density at radius 2 is 1.69 bits per heavy atom. The first-order valence-electron chi connectivity index (χ1n) is 10.7. The molecule has 35 heavy (non-hydrogen) atoms. The van der Waals surface area contributed by atoms with Crippen LogP contribution in [0.25, 0.3) is 0 Å². The zero-order chi connectivity index (χ0) is 25.9. The number of carbonyl (C=O) groups is 3. The fraction of sp³-hybridized carbons (Fsp3) is 0.240. The van der Waals surface area contributed by atoms with Gasteiger partial charge >= 0.3 is 18.0 Å². The predicted octanol–water partition coefficient (Wildman–Crippen LogP) is 4.88. The number of carboxylic acids is 1. The fourth-order valence-corrected chi connectivity index (χ4v) is 3.83. The molecule has 1 unspecified atom stereocenters. The summed E-state index contributed by atoms with van der Waals surface area (Å²) in [4.78, 5) is 37.5. The molecule has 0 saturated carbocycles. The quantitative estimate of drug-likeness (QED) is 0.434. The molecule has 4 N–H and O–H groups in total. The van der Waals surface area contributed by atoms with Crippen LogP contribution in [0.4, 0.5) is 25.0 Å². The van der Waals surface area contributed by atoms with Crippen LogP contribution >= 0.6 is 0 Å². The molecule has 0 aliphatic carbocycles. The van der Waals surface area contributed by atoms with Crippen LogP contribution in [-0.2, 0) is 14.3 Å². The van der Waals surface area contributed by atoms with Gasteiger partial charge in [0, 0.05) is 23.1 Å². The van der Waals surface area contributed by atoms with Gasteiger partial charge in [-0.05, 0) is 57.5 Å². The van der Waals surface area contributed by atoms with Crippen molar-refractivity contribution < 1.29 is 33.0 Å². The summed E-state index contributed by atoms with van der Waals surface area (Å²) < 4.78 is 32.3. The molecular formula is C25H25F2N3O5. The number of anilines is 2. The number of urea groups is 1. The fourth-order valence-electron chi connectivity index (χ4n) is 3.83. The standard InChI is InChI=1S/C25H25F2N3O5/c1-12(2)35-24(33)21-14(4)28-13(3)20(23(31)32)22(21)15-6-5-7-17(10-15)29-25(34)30-19-9-8-16(26)11-18(19)27/h5-12,22,28H,1-4H3,(H,31,32)(H2,29,30,34). The van der Waals surface area contributed by atoms with Gasteiger partial charge in [0.05, 0.1) is 28.9 Å². The molecule has 2 aromatic carbocycles. The Morgan fingerprint density at radius 3 is 2.31 bits per heavy atom. The third-order valence-electron chi connectivity index (χ3n) is 5.21. The van der Waals surface area contributed by atoms with Crippen molar-refractivity contribution in [3.63, 3.8) is 0 Å². The van der Waals surface area contributed by atoms with Crippen LogP contribution in [0, 0.1) is 11.6 Å². The molecule has 0 radical (unpaired) electrons. The lowest BCUT2D eigenvalue weighted by molar-refractivity contribution is -0.143. The molecule has 1 aliphatic rings. The smallest absolute Gasteiger partial charge is 0.337 e. The highest BCUT2D eigenvalue weighted by Gasteiger charge is 2.37. The second-order valence-electron chi connectivity index (χ2n) is 8.22. The molecule has 1 aliphatic heterocycles. The van der Waals surface area contributed by atoms with E-state index in [0.29, 0.717) is 23.0 Å². The summed E-state index contributed by atoms with van der Waals surface area (Å²) in [7, 11) is 0. The molecule has 0 aromatic heterocycles. The number of hydrogen-bond donors (Lipinski definition) is 4. The normalized spacial score (nSPS) is 15.6.